The fourth-order valence-electron chi connectivity index (χ4n) is 1.31. The van der Waals surface area contributed by atoms with E-state index in [1.165, 1.54) is 17.4 Å². The van der Waals surface area contributed by atoms with E-state index in [1.807, 2.05) is 12.3 Å². The molecule has 0 atom stereocenters. The molecule has 0 aliphatic carbocycles. The number of halogens is 1. The Kier molecular flexibility index (Phi) is 3.53. The molecule has 0 spiro atoms. The lowest BCUT2D eigenvalue weighted by molar-refractivity contribution is 0.0697. The number of carboxylic acids is 1. The van der Waals surface area contributed by atoms with Crippen molar-refractivity contribution >= 4 is 34.8 Å². The van der Waals surface area contributed by atoms with Crippen molar-refractivity contribution in [2.24, 2.45) is 0 Å². The summed E-state index contributed by atoms with van der Waals surface area (Å²) in [5.41, 5.74) is 6.10. The number of thiazole rings is 1. The van der Waals surface area contributed by atoms with Gasteiger partial charge in [0.1, 0.15) is 5.82 Å². The molecule has 94 valence electrons. The van der Waals surface area contributed by atoms with E-state index in [1.54, 1.807) is 0 Å². The second-order valence-electron chi connectivity index (χ2n) is 3.53. The number of aromatic carboxylic acids is 1. The van der Waals surface area contributed by atoms with Crippen LogP contribution in [0.25, 0.3) is 0 Å². The van der Waals surface area contributed by atoms with Crippen LogP contribution in [0.2, 0.25) is 0 Å². The van der Waals surface area contributed by atoms with Gasteiger partial charge in [0.15, 0.2) is 4.34 Å². The molecule has 0 bridgehead atoms. The standard InChI is InChI=1S/C11H9FN2O2S2/c1-5-4-17-11(14-5)18-9-2-6(10(15)16)8(13)3-7(9)12/h2-4H,13H2,1H3,(H,15,16). The Morgan fingerprint density at radius 1 is 1.56 bits per heavy atom. The normalized spacial score (nSPS) is 10.6. The van der Waals surface area contributed by atoms with Crippen LogP contribution in [-0.4, -0.2) is 16.1 Å². The van der Waals surface area contributed by atoms with E-state index in [4.69, 9.17) is 10.8 Å². The Hall–Kier alpha value is -1.60. The van der Waals surface area contributed by atoms with Gasteiger partial charge in [0, 0.05) is 16.8 Å². The largest absolute Gasteiger partial charge is 0.478 e. The number of rotatable bonds is 3. The lowest BCUT2D eigenvalue weighted by Crippen LogP contribution is -2.03. The third-order valence-corrected chi connectivity index (χ3v) is 4.22. The molecule has 0 aliphatic heterocycles. The van der Waals surface area contributed by atoms with Gasteiger partial charge in [0.25, 0.3) is 0 Å². The highest BCUT2D eigenvalue weighted by atomic mass is 32.2. The molecule has 0 fully saturated rings. The molecule has 4 nitrogen and oxygen atoms in total. The quantitative estimate of drug-likeness (QED) is 0.847. The van der Waals surface area contributed by atoms with Crippen LogP contribution in [0.4, 0.5) is 10.1 Å². The summed E-state index contributed by atoms with van der Waals surface area (Å²) in [4.78, 5) is 15.3. The zero-order valence-electron chi connectivity index (χ0n) is 9.31. The van der Waals surface area contributed by atoms with Crippen LogP contribution in [0.5, 0.6) is 0 Å². The van der Waals surface area contributed by atoms with Crippen LogP contribution in [0.1, 0.15) is 16.1 Å². The number of hydrogen-bond acceptors (Lipinski definition) is 5. The van der Waals surface area contributed by atoms with Crippen LogP contribution >= 0.6 is 23.1 Å². The number of carboxylic acid groups (broad SMARTS) is 1. The summed E-state index contributed by atoms with van der Waals surface area (Å²) >= 11 is 2.47. The van der Waals surface area contributed by atoms with E-state index in [9.17, 15) is 9.18 Å². The number of carbonyl (C=O) groups is 1. The van der Waals surface area contributed by atoms with Gasteiger partial charge in [-0.3, -0.25) is 0 Å². The van der Waals surface area contributed by atoms with Gasteiger partial charge < -0.3 is 10.8 Å². The van der Waals surface area contributed by atoms with E-state index >= 15 is 0 Å². The number of aryl methyl sites for hydroxylation is 1. The van der Waals surface area contributed by atoms with Gasteiger partial charge in [-0.2, -0.15) is 0 Å². The van der Waals surface area contributed by atoms with E-state index in [-0.39, 0.29) is 16.1 Å². The number of nitrogens with two attached hydrogens (primary N) is 1. The average molecular weight is 284 g/mol. The van der Waals surface area contributed by atoms with Gasteiger partial charge >= 0.3 is 5.97 Å². The lowest BCUT2D eigenvalue weighted by atomic mass is 10.2. The Morgan fingerprint density at radius 2 is 2.28 bits per heavy atom. The molecule has 18 heavy (non-hydrogen) atoms. The SMILES string of the molecule is Cc1csc(Sc2cc(C(=O)O)c(N)cc2F)n1. The zero-order valence-corrected chi connectivity index (χ0v) is 10.9. The molecule has 1 aromatic carbocycles. The smallest absolute Gasteiger partial charge is 0.337 e. The Balaban J connectivity index is 2.38. The molecule has 0 saturated heterocycles. The van der Waals surface area contributed by atoms with Crippen molar-refractivity contribution in [2.75, 3.05) is 5.73 Å². The molecule has 0 radical (unpaired) electrons. The van der Waals surface area contributed by atoms with Gasteiger partial charge in [-0.15, -0.1) is 11.3 Å². The van der Waals surface area contributed by atoms with Crippen molar-refractivity contribution in [3.8, 4) is 0 Å². The zero-order chi connectivity index (χ0) is 13.3. The molecule has 2 rings (SSSR count). The maximum Gasteiger partial charge on any atom is 0.337 e. The number of nitrogens with zero attached hydrogens (tertiary/aromatic N) is 1. The van der Waals surface area contributed by atoms with Crippen molar-refractivity contribution in [2.45, 2.75) is 16.2 Å². The molecule has 7 heteroatoms. The Labute approximate surface area is 111 Å². The highest BCUT2D eigenvalue weighted by molar-refractivity contribution is 8.01. The minimum Gasteiger partial charge on any atom is -0.478 e. The highest BCUT2D eigenvalue weighted by Gasteiger charge is 2.15. The second kappa shape index (κ2) is 4.95. The summed E-state index contributed by atoms with van der Waals surface area (Å²) in [6, 6.07) is 2.25. The number of aromatic nitrogens is 1. The molecule has 1 aromatic heterocycles. The fraction of sp³-hybridized carbons (Fsp3) is 0.0909. The first kappa shape index (κ1) is 12.8. The van der Waals surface area contributed by atoms with Crippen LogP contribution in [-0.2, 0) is 0 Å². The topological polar surface area (TPSA) is 76.2 Å². The summed E-state index contributed by atoms with van der Waals surface area (Å²) in [5, 5.41) is 10.8. The van der Waals surface area contributed by atoms with Gasteiger partial charge in [-0.1, -0.05) is 11.8 Å². The minimum absolute atomic E-state index is 0.0836. The molecule has 3 N–H and O–H groups in total. The Morgan fingerprint density at radius 3 is 2.83 bits per heavy atom. The average Bonchev–Trinajstić information content (AvgIpc) is 2.67. The fourth-order valence-corrected chi connectivity index (χ4v) is 3.14. The molecule has 0 amide bonds. The van der Waals surface area contributed by atoms with Gasteiger partial charge in [0.05, 0.1) is 10.5 Å². The van der Waals surface area contributed by atoms with Gasteiger partial charge in [0.2, 0.25) is 0 Å². The summed E-state index contributed by atoms with van der Waals surface area (Å²) in [6.07, 6.45) is 0. The van der Waals surface area contributed by atoms with Crippen molar-refractivity contribution in [1.29, 1.82) is 0 Å². The van der Waals surface area contributed by atoms with Crippen molar-refractivity contribution < 1.29 is 14.3 Å². The Bertz CT molecular complexity index is 613. The van der Waals surface area contributed by atoms with E-state index in [0.29, 0.717) is 4.34 Å². The third kappa shape index (κ3) is 2.62. The monoisotopic (exact) mass is 284 g/mol. The van der Waals surface area contributed by atoms with Crippen molar-refractivity contribution in [1.82, 2.24) is 4.98 Å². The molecule has 2 aromatic rings. The maximum atomic E-state index is 13.7. The first-order valence-corrected chi connectivity index (χ1v) is 6.59. The predicted molar refractivity (Wildman–Crippen MR) is 68.7 cm³/mol. The first-order valence-electron chi connectivity index (χ1n) is 4.89. The minimum atomic E-state index is -1.18. The number of nitrogen functional groups attached to an aromatic ring is 1. The predicted octanol–water partition coefficient (Wildman–Crippen LogP) is 3.02. The number of hydrogen-bond donors (Lipinski definition) is 2. The van der Waals surface area contributed by atoms with Crippen molar-refractivity contribution in [3.63, 3.8) is 0 Å². The maximum absolute atomic E-state index is 13.7. The molecular formula is C11H9FN2O2S2. The third-order valence-electron chi connectivity index (χ3n) is 2.13. The van der Waals surface area contributed by atoms with E-state index in [0.717, 1.165) is 23.5 Å². The lowest BCUT2D eigenvalue weighted by Gasteiger charge is -2.05. The number of anilines is 1. The summed E-state index contributed by atoms with van der Waals surface area (Å²) < 4.78 is 14.3. The van der Waals surface area contributed by atoms with Crippen LogP contribution in [0.3, 0.4) is 0 Å². The van der Waals surface area contributed by atoms with Crippen LogP contribution < -0.4 is 5.73 Å². The molecule has 0 unspecified atom stereocenters. The molecule has 1 heterocycles. The second-order valence-corrected chi connectivity index (χ2v) is 5.68. The summed E-state index contributed by atoms with van der Waals surface area (Å²) in [5.74, 6) is -1.72. The molecule has 0 saturated carbocycles. The van der Waals surface area contributed by atoms with Crippen LogP contribution in [0.15, 0.2) is 26.7 Å². The van der Waals surface area contributed by atoms with Gasteiger partial charge in [-0.05, 0) is 19.1 Å². The summed E-state index contributed by atoms with van der Waals surface area (Å²) in [6.45, 7) is 1.84. The highest BCUT2D eigenvalue weighted by Crippen LogP contribution is 2.34. The van der Waals surface area contributed by atoms with Crippen LogP contribution in [0, 0.1) is 12.7 Å². The van der Waals surface area contributed by atoms with Gasteiger partial charge in [-0.25, -0.2) is 14.2 Å². The molecular weight excluding hydrogens is 275 g/mol. The van der Waals surface area contributed by atoms with E-state index < -0.39 is 11.8 Å². The number of benzene rings is 1. The van der Waals surface area contributed by atoms with Crippen molar-refractivity contribution in [3.05, 3.63) is 34.6 Å². The first-order chi connectivity index (χ1) is 8.47. The summed E-state index contributed by atoms with van der Waals surface area (Å²) in [7, 11) is 0. The molecule has 0 aliphatic rings. The van der Waals surface area contributed by atoms with E-state index in [2.05, 4.69) is 4.98 Å².